The number of aromatic nitrogens is 1. The topological polar surface area (TPSA) is 71.3 Å². The van der Waals surface area contributed by atoms with Gasteiger partial charge < -0.3 is 10.4 Å². The quantitative estimate of drug-likeness (QED) is 0.832. The number of rotatable bonds is 4. The molecule has 0 bridgehead atoms. The van der Waals surface area contributed by atoms with E-state index in [2.05, 4.69) is 5.32 Å². The maximum Gasteiger partial charge on any atom is 0.308 e. The van der Waals surface area contributed by atoms with Crippen molar-refractivity contribution in [3.8, 4) is 0 Å². The molecule has 118 valence electrons. The summed E-state index contributed by atoms with van der Waals surface area (Å²) in [4.78, 5) is 24.6. The van der Waals surface area contributed by atoms with Crippen LogP contribution in [0.2, 0.25) is 0 Å². The lowest BCUT2D eigenvalue weighted by Gasteiger charge is -2.26. The lowest BCUT2D eigenvalue weighted by Crippen LogP contribution is -2.44. The molecule has 21 heavy (non-hydrogen) atoms. The normalized spacial score (nSPS) is 18.2. The fourth-order valence-electron chi connectivity index (χ4n) is 2.80. The second kappa shape index (κ2) is 6.75. The minimum absolute atomic E-state index is 0.0328. The van der Waals surface area contributed by atoms with Crippen molar-refractivity contribution in [3.63, 3.8) is 0 Å². The largest absolute Gasteiger partial charge is 0.388 e. The van der Waals surface area contributed by atoms with Crippen molar-refractivity contribution in [1.82, 2.24) is 9.88 Å². The van der Waals surface area contributed by atoms with Gasteiger partial charge in [0.1, 0.15) is 6.54 Å². The highest BCUT2D eigenvalue weighted by Gasteiger charge is 2.28. The minimum atomic E-state index is -0.781. The molecule has 1 aromatic rings. The monoisotopic (exact) mass is 312 g/mol. The Bertz CT molecular complexity index is 554. The standard InChI is InChI=1S/C15H24N2O3S/c1-11-12(2)21-14(19)17(11)9-13(18)16-10-15(20)7-5-3-4-6-8-15/h20H,3-10H2,1-2H3,(H,16,18). The average molecular weight is 312 g/mol. The van der Waals surface area contributed by atoms with Crippen LogP contribution in [0, 0.1) is 13.8 Å². The molecular weight excluding hydrogens is 288 g/mol. The van der Waals surface area contributed by atoms with Crippen LogP contribution in [0.5, 0.6) is 0 Å². The molecule has 1 saturated carbocycles. The molecule has 0 aromatic carbocycles. The van der Waals surface area contributed by atoms with Crippen LogP contribution in [0.15, 0.2) is 4.79 Å². The fourth-order valence-corrected chi connectivity index (χ4v) is 3.63. The molecule has 1 amide bonds. The zero-order valence-corrected chi connectivity index (χ0v) is 13.6. The Labute approximate surface area is 129 Å². The molecule has 0 saturated heterocycles. The molecular formula is C15H24N2O3S. The van der Waals surface area contributed by atoms with E-state index in [1.165, 1.54) is 4.57 Å². The van der Waals surface area contributed by atoms with E-state index in [9.17, 15) is 14.7 Å². The molecule has 2 rings (SSSR count). The molecule has 1 heterocycles. The summed E-state index contributed by atoms with van der Waals surface area (Å²) in [5.41, 5.74) is 0.0600. The molecule has 0 spiro atoms. The van der Waals surface area contributed by atoms with Crippen molar-refractivity contribution in [2.75, 3.05) is 6.54 Å². The van der Waals surface area contributed by atoms with Crippen LogP contribution in [0.25, 0.3) is 0 Å². The number of carbonyl (C=O) groups is 1. The van der Waals surface area contributed by atoms with Crippen LogP contribution in [0.1, 0.15) is 49.1 Å². The van der Waals surface area contributed by atoms with E-state index >= 15 is 0 Å². The Balaban J connectivity index is 1.91. The first-order chi connectivity index (χ1) is 9.91. The summed E-state index contributed by atoms with van der Waals surface area (Å²) in [6, 6.07) is 0. The number of hydrogen-bond acceptors (Lipinski definition) is 4. The van der Waals surface area contributed by atoms with Crippen LogP contribution in [-0.2, 0) is 11.3 Å². The predicted octanol–water partition coefficient (Wildman–Crippen LogP) is 1.73. The van der Waals surface area contributed by atoms with Crippen molar-refractivity contribution in [2.24, 2.45) is 0 Å². The average Bonchev–Trinajstić information content (AvgIpc) is 2.62. The summed E-state index contributed by atoms with van der Waals surface area (Å²) in [7, 11) is 0. The number of carbonyl (C=O) groups excluding carboxylic acids is 1. The molecule has 2 N–H and O–H groups in total. The zero-order valence-electron chi connectivity index (χ0n) is 12.8. The maximum atomic E-state index is 12.0. The molecule has 5 nitrogen and oxygen atoms in total. The molecule has 1 aliphatic carbocycles. The molecule has 1 fully saturated rings. The van der Waals surface area contributed by atoms with Gasteiger partial charge in [-0.2, -0.15) is 0 Å². The van der Waals surface area contributed by atoms with Gasteiger partial charge in [0.05, 0.1) is 5.60 Å². The van der Waals surface area contributed by atoms with Gasteiger partial charge in [0.25, 0.3) is 0 Å². The van der Waals surface area contributed by atoms with E-state index in [0.717, 1.165) is 60.4 Å². The summed E-state index contributed by atoms with van der Waals surface area (Å²) in [6.07, 6.45) is 5.80. The molecule has 6 heteroatoms. The second-order valence-electron chi connectivity index (χ2n) is 6.01. The van der Waals surface area contributed by atoms with Crippen LogP contribution < -0.4 is 10.2 Å². The Morgan fingerprint density at radius 3 is 2.43 bits per heavy atom. The van der Waals surface area contributed by atoms with Crippen molar-refractivity contribution in [1.29, 1.82) is 0 Å². The van der Waals surface area contributed by atoms with Crippen molar-refractivity contribution in [2.45, 2.75) is 64.5 Å². The molecule has 0 unspecified atom stereocenters. The Morgan fingerprint density at radius 1 is 1.29 bits per heavy atom. The maximum absolute atomic E-state index is 12.0. The van der Waals surface area contributed by atoms with E-state index in [-0.39, 0.29) is 23.9 Å². The third-order valence-corrected chi connectivity index (χ3v) is 5.32. The van der Waals surface area contributed by atoms with E-state index in [0.29, 0.717) is 0 Å². The van der Waals surface area contributed by atoms with Crippen LogP contribution in [-0.4, -0.2) is 27.7 Å². The number of nitrogens with one attached hydrogen (secondary N) is 1. The van der Waals surface area contributed by atoms with Gasteiger partial charge in [-0.15, -0.1) is 0 Å². The Hall–Kier alpha value is -1.14. The van der Waals surface area contributed by atoms with Gasteiger partial charge in [0.15, 0.2) is 0 Å². The number of amides is 1. The van der Waals surface area contributed by atoms with Crippen LogP contribution >= 0.6 is 11.3 Å². The second-order valence-corrected chi connectivity index (χ2v) is 7.18. The summed E-state index contributed by atoms with van der Waals surface area (Å²) >= 11 is 1.16. The molecule has 0 aliphatic heterocycles. The number of hydrogen-bond donors (Lipinski definition) is 2. The van der Waals surface area contributed by atoms with Crippen LogP contribution in [0.3, 0.4) is 0 Å². The zero-order chi connectivity index (χ0) is 15.5. The Kier molecular flexibility index (Phi) is 5.22. The third-order valence-electron chi connectivity index (χ3n) is 4.33. The third kappa shape index (κ3) is 4.17. The highest BCUT2D eigenvalue weighted by Crippen LogP contribution is 2.26. The number of aliphatic hydroxyl groups is 1. The number of aryl methyl sites for hydroxylation is 1. The number of nitrogens with zero attached hydrogens (tertiary/aromatic N) is 1. The minimum Gasteiger partial charge on any atom is -0.388 e. The number of thiazole rings is 1. The van der Waals surface area contributed by atoms with E-state index < -0.39 is 5.60 Å². The lowest BCUT2D eigenvalue weighted by atomic mass is 9.94. The molecule has 1 aromatic heterocycles. The molecule has 0 radical (unpaired) electrons. The van der Waals surface area contributed by atoms with E-state index in [1.54, 1.807) is 0 Å². The van der Waals surface area contributed by atoms with Gasteiger partial charge in [-0.3, -0.25) is 14.2 Å². The van der Waals surface area contributed by atoms with E-state index in [4.69, 9.17) is 0 Å². The molecule has 0 atom stereocenters. The van der Waals surface area contributed by atoms with Gasteiger partial charge in [0.2, 0.25) is 5.91 Å². The first kappa shape index (κ1) is 16.2. The lowest BCUT2D eigenvalue weighted by molar-refractivity contribution is -0.123. The summed E-state index contributed by atoms with van der Waals surface area (Å²) in [5.74, 6) is -0.212. The van der Waals surface area contributed by atoms with E-state index in [1.807, 2.05) is 13.8 Å². The van der Waals surface area contributed by atoms with Gasteiger partial charge in [-0.25, -0.2) is 0 Å². The Morgan fingerprint density at radius 2 is 1.90 bits per heavy atom. The molecule has 1 aliphatic rings. The predicted molar refractivity (Wildman–Crippen MR) is 83.7 cm³/mol. The highest BCUT2D eigenvalue weighted by atomic mass is 32.1. The summed E-state index contributed by atoms with van der Waals surface area (Å²) < 4.78 is 1.49. The first-order valence-corrected chi connectivity index (χ1v) is 8.39. The fraction of sp³-hybridized carbons (Fsp3) is 0.733. The van der Waals surface area contributed by atoms with Crippen molar-refractivity contribution < 1.29 is 9.90 Å². The highest BCUT2D eigenvalue weighted by molar-refractivity contribution is 7.09. The summed E-state index contributed by atoms with van der Waals surface area (Å²) in [5, 5.41) is 13.3. The van der Waals surface area contributed by atoms with Crippen molar-refractivity contribution in [3.05, 3.63) is 20.2 Å². The summed E-state index contributed by atoms with van der Waals surface area (Å²) in [6.45, 7) is 4.04. The van der Waals surface area contributed by atoms with Crippen LogP contribution in [0.4, 0.5) is 0 Å². The SMILES string of the molecule is Cc1sc(=O)n(CC(=O)NCC2(O)CCCCCC2)c1C. The van der Waals surface area contributed by atoms with Crippen molar-refractivity contribution >= 4 is 17.2 Å². The first-order valence-electron chi connectivity index (χ1n) is 7.57. The van der Waals surface area contributed by atoms with Gasteiger partial charge in [0, 0.05) is 17.1 Å². The van der Waals surface area contributed by atoms with Gasteiger partial charge in [-0.1, -0.05) is 37.0 Å². The van der Waals surface area contributed by atoms with Gasteiger partial charge in [-0.05, 0) is 26.7 Å². The smallest absolute Gasteiger partial charge is 0.308 e. The van der Waals surface area contributed by atoms with Gasteiger partial charge >= 0.3 is 4.87 Å².